The van der Waals surface area contributed by atoms with E-state index in [1.165, 1.54) is 0 Å². The SMILES string of the molecule is Cc1cn2ccnc(OC3CCC(C)N(C(=O)OC(C)(C)C)C3)c2n1. The molecule has 0 aliphatic carbocycles. The topological polar surface area (TPSA) is 69.0 Å². The third-order valence-corrected chi connectivity index (χ3v) is 4.21. The summed E-state index contributed by atoms with van der Waals surface area (Å²) in [5, 5.41) is 0. The monoisotopic (exact) mass is 346 g/mol. The van der Waals surface area contributed by atoms with Gasteiger partial charge in [-0.25, -0.2) is 14.8 Å². The first-order valence-corrected chi connectivity index (χ1v) is 8.69. The van der Waals surface area contributed by atoms with E-state index in [1.54, 1.807) is 11.1 Å². The van der Waals surface area contributed by atoms with Crippen LogP contribution in [0.25, 0.3) is 5.65 Å². The molecule has 1 amide bonds. The third-order valence-electron chi connectivity index (χ3n) is 4.21. The second kappa shape index (κ2) is 6.54. The third kappa shape index (κ3) is 4.03. The van der Waals surface area contributed by atoms with E-state index < -0.39 is 5.60 Å². The predicted octanol–water partition coefficient (Wildman–Crippen LogP) is 3.20. The van der Waals surface area contributed by atoms with E-state index in [1.807, 2.05) is 51.4 Å². The number of aryl methyl sites for hydroxylation is 1. The molecule has 2 aromatic rings. The molecular weight excluding hydrogens is 320 g/mol. The Morgan fingerprint density at radius 1 is 1.32 bits per heavy atom. The van der Waals surface area contributed by atoms with Crippen molar-refractivity contribution in [1.29, 1.82) is 0 Å². The first kappa shape index (κ1) is 17.5. The van der Waals surface area contributed by atoms with Crippen molar-refractivity contribution in [1.82, 2.24) is 19.3 Å². The molecule has 1 saturated heterocycles. The molecule has 2 aromatic heterocycles. The van der Waals surface area contributed by atoms with Gasteiger partial charge < -0.3 is 18.8 Å². The number of aromatic nitrogens is 3. The largest absolute Gasteiger partial charge is 0.470 e. The number of ether oxygens (including phenoxy) is 2. The molecule has 2 atom stereocenters. The number of carbonyl (C=O) groups is 1. The molecule has 0 spiro atoms. The number of imidazole rings is 1. The van der Waals surface area contributed by atoms with Gasteiger partial charge in [-0.1, -0.05) is 0 Å². The Bertz CT molecular complexity index is 765. The van der Waals surface area contributed by atoms with Gasteiger partial charge in [-0.05, 0) is 47.5 Å². The molecule has 136 valence electrons. The molecule has 0 radical (unpaired) electrons. The van der Waals surface area contributed by atoms with Crippen LogP contribution in [0, 0.1) is 6.92 Å². The van der Waals surface area contributed by atoms with Crippen LogP contribution in [0.5, 0.6) is 5.88 Å². The maximum Gasteiger partial charge on any atom is 0.410 e. The lowest BCUT2D eigenvalue weighted by Crippen LogP contribution is -2.50. The van der Waals surface area contributed by atoms with Gasteiger partial charge in [0, 0.05) is 24.6 Å². The number of amides is 1. The van der Waals surface area contributed by atoms with E-state index in [9.17, 15) is 4.79 Å². The van der Waals surface area contributed by atoms with Crippen LogP contribution in [-0.4, -0.2) is 49.7 Å². The van der Waals surface area contributed by atoms with Crippen molar-refractivity contribution in [2.75, 3.05) is 6.54 Å². The van der Waals surface area contributed by atoms with Gasteiger partial charge in [-0.15, -0.1) is 0 Å². The van der Waals surface area contributed by atoms with Gasteiger partial charge in [-0.2, -0.15) is 0 Å². The van der Waals surface area contributed by atoms with E-state index >= 15 is 0 Å². The highest BCUT2D eigenvalue weighted by molar-refractivity contribution is 5.68. The molecule has 0 saturated carbocycles. The molecule has 1 aliphatic heterocycles. The van der Waals surface area contributed by atoms with Crippen molar-refractivity contribution in [3.63, 3.8) is 0 Å². The summed E-state index contributed by atoms with van der Waals surface area (Å²) in [4.78, 5) is 23.0. The van der Waals surface area contributed by atoms with Gasteiger partial charge in [-0.3, -0.25) is 0 Å². The number of fused-ring (bicyclic) bond motifs is 1. The zero-order chi connectivity index (χ0) is 18.2. The van der Waals surface area contributed by atoms with Crippen LogP contribution >= 0.6 is 0 Å². The van der Waals surface area contributed by atoms with Crippen LogP contribution in [0.1, 0.15) is 46.2 Å². The standard InChI is InChI=1S/C18H26N4O3/c1-12-10-21-9-8-19-16(15(21)20-12)24-14-7-6-13(2)22(11-14)17(23)25-18(3,4)5/h8-10,13-14H,6-7,11H2,1-5H3. The number of hydrogen-bond donors (Lipinski definition) is 0. The van der Waals surface area contributed by atoms with E-state index in [-0.39, 0.29) is 18.2 Å². The number of carbonyl (C=O) groups excluding carboxylic acids is 1. The van der Waals surface area contributed by atoms with E-state index in [2.05, 4.69) is 9.97 Å². The molecule has 0 aromatic carbocycles. The number of likely N-dealkylation sites (tertiary alicyclic amines) is 1. The fraction of sp³-hybridized carbons (Fsp3) is 0.611. The van der Waals surface area contributed by atoms with Gasteiger partial charge in [0.15, 0.2) is 0 Å². The van der Waals surface area contributed by atoms with E-state index in [0.29, 0.717) is 18.1 Å². The number of rotatable bonds is 2. The molecule has 1 aliphatic rings. The van der Waals surface area contributed by atoms with Gasteiger partial charge in [0.05, 0.1) is 12.2 Å². The van der Waals surface area contributed by atoms with Gasteiger partial charge in [0.25, 0.3) is 5.88 Å². The van der Waals surface area contributed by atoms with Crippen LogP contribution in [-0.2, 0) is 4.74 Å². The van der Waals surface area contributed by atoms with Crippen molar-refractivity contribution in [2.45, 2.75) is 65.2 Å². The summed E-state index contributed by atoms with van der Waals surface area (Å²) in [5.41, 5.74) is 1.10. The number of piperidine rings is 1. The lowest BCUT2D eigenvalue weighted by molar-refractivity contribution is -0.00581. The zero-order valence-corrected chi connectivity index (χ0v) is 15.5. The molecule has 7 nitrogen and oxygen atoms in total. The summed E-state index contributed by atoms with van der Waals surface area (Å²) >= 11 is 0. The van der Waals surface area contributed by atoms with Crippen molar-refractivity contribution in [2.24, 2.45) is 0 Å². The Morgan fingerprint density at radius 3 is 2.80 bits per heavy atom. The Balaban J connectivity index is 1.73. The van der Waals surface area contributed by atoms with Gasteiger partial charge >= 0.3 is 6.09 Å². The lowest BCUT2D eigenvalue weighted by Gasteiger charge is -2.38. The Labute approximate surface area is 148 Å². The highest BCUT2D eigenvalue weighted by atomic mass is 16.6. The highest BCUT2D eigenvalue weighted by Gasteiger charge is 2.33. The lowest BCUT2D eigenvalue weighted by atomic mass is 10.0. The normalized spacial score (nSPS) is 21.4. The highest BCUT2D eigenvalue weighted by Crippen LogP contribution is 2.25. The summed E-state index contributed by atoms with van der Waals surface area (Å²) in [6, 6.07) is 0.132. The van der Waals surface area contributed by atoms with Crippen LogP contribution in [0.2, 0.25) is 0 Å². The van der Waals surface area contributed by atoms with Crippen LogP contribution in [0.4, 0.5) is 4.79 Å². The summed E-state index contributed by atoms with van der Waals surface area (Å²) in [7, 11) is 0. The second-order valence-electron chi connectivity index (χ2n) is 7.64. The average Bonchev–Trinajstić information content (AvgIpc) is 2.88. The Kier molecular flexibility index (Phi) is 4.58. The molecular formula is C18H26N4O3. The minimum absolute atomic E-state index is 0.126. The summed E-state index contributed by atoms with van der Waals surface area (Å²) in [6.45, 7) is 10.1. The Morgan fingerprint density at radius 2 is 2.08 bits per heavy atom. The zero-order valence-electron chi connectivity index (χ0n) is 15.5. The Hall–Kier alpha value is -2.31. The predicted molar refractivity (Wildman–Crippen MR) is 93.8 cm³/mol. The van der Waals surface area contributed by atoms with E-state index in [0.717, 1.165) is 18.5 Å². The molecule has 0 bridgehead atoms. The number of nitrogens with zero attached hydrogens (tertiary/aromatic N) is 4. The van der Waals surface area contributed by atoms with Crippen LogP contribution in [0.15, 0.2) is 18.6 Å². The molecule has 2 unspecified atom stereocenters. The first-order chi connectivity index (χ1) is 11.7. The van der Waals surface area contributed by atoms with Gasteiger partial charge in [0.2, 0.25) is 5.65 Å². The van der Waals surface area contributed by atoms with E-state index in [4.69, 9.17) is 9.47 Å². The maximum atomic E-state index is 12.5. The molecule has 25 heavy (non-hydrogen) atoms. The smallest absolute Gasteiger partial charge is 0.410 e. The van der Waals surface area contributed by atoms with Crippen molar-refractivity contribution in [3.05, 3.63) is 24.3 Å². The van der Waals surface area contributed by atoms with Crippen molar-refractivity contribution in [3.8, 4) is 5.88 Å². The maximum absolute atomic E-state index is 12.5. The second-order valence-corrected chi connectivity index (χ2v) is 7.64. The summed E-state index contributed by atoms with van der Waals surface area (Å²) in [5.74, 6) is 0.499. The molecule has 3 rings (SSSR count). The first-order valence-electron chi connectivity index (χ1n) is 8.69. The molecule has 0 N–H and O–H groups in total. The summed E-state index contributed by atoms with van der Waals surface area (Å²) < 4.78 is 13.5. The molecule has 3 heterocycles. The fourth-order valence-electron chi connectivity index (χ4n) is 3.00. The van der Waals surface area contributed by atoms with Crippen LogP contribution in [0.3, 0.4) is 0 Å². The molecule has 7 heteroatoms. The van der Waals surface area contributed by atoms with Gasteiger partial charge in [0.1, 0.15) is 11.7 Å². The van der Waals surface area contributed by atoms with Crippen molar-refractivity contribution < 1.29 is 14.3 Å². The van der Waals surface area contributed by atoms with Crippen molar-refractivity contribution >= 4 is 11.7 Å². The summed E-state index contributed by atoms with van der Waals surface area (Å²) in [6.07, 6.45) is 6.78. The minimum atomic E-state index is -0.509. The minimum Gasteiger partial charge on any atom is -0.470 e. The van der Waals surface area contributed by atoms with Crippen LogP contribution < -0.4 is 4.74 Å². The average molecular weight is 346 g/mol. The fourth-order valence-corrected chi connectivity index (χ4v) is 3.00. The number of hydrogen-bond acceptors (Lipinski definition) is 5. The quantitative estimate of drug-likeness (QED) is 0.835. The molecule has 1 fully saturated rings.